The zero-order valence-corrected chi connectivity index (χ0v) is 24.0. The summed E-state index contributed by atoms with van der Waals surface area (Å²) in [5, 5.41) is 10.3. The second-order valence-corrected chi connectivity index (χ2v) is 11.8. The third kappa shape index (κ3) is 6.86. The fourth-order valence-electron chi connectivity index (χ4n) is 4.24. The Bertz CT molecular complexity index is 1880. The van der Waals surface area contributed by atoms with E-state index in [9.17, 15) is 18.3 Å². The molecule has 4 aromatic carbocycles. The van der Waals surface area contributed by atoms with Crippen molar-refractivity contribution in [3.8, 4) is 28.1 Å². The molecular formula is C31H23Cl2N3O4S. The Balaban J connectivity index is 1.47. The predicted octanol–water partition coefficient (Wildman–Crippen LogP) is 7.75. The molecule has 0 fully saturated rings. The molecule has 0 unspecified atom stereocenters. The van der Waals surface area contributed by atoms with Crippen LogP contribution in [0.25, 0.3) is 40.2 Å². The van der Waals surface area contributed by atoms with Gasteiger partial charge in [-0.1, -0.05) is 65.7 Å². The monoisotopic (exact) mass is 603 g/mol. The van der Waals surface area contributed by atoms with E-state index in [4.69, 9.17) is 28.2 Å². The highest BCUT2D eigenvalue weighted by atomic mass is 35.5. The molecule has 2 N–H and O–H groups in total. The van der Waals surface area contributed by atoms with Crippen molar-refractivity contribution < 1.29 is 18.3 Å². The van der Waals surface area contributed by atoms with E-state index in [1.54, 1.807) is 60.7 Å². The summed E-state index contributed by atoms with van der Waals surface area (Å²) < 4.78 is 27.5. The van der Waals surface area contributed by atoms with E-state index in [-0.39, 0.29) is 5.56 Å². The summed E-state index contributed by atoms with van der Waals surface area (Å²) in [5.41, 5.74) is 5.48. The van der Waals surface area contributed by atoms with Crippen LogP contribution in [0.4, 0.5) is 5.69 Å². The molecule has 5 rings (SSSR count). The zero-order chi connectivity index (χ0) is 29.1. The van der Waals surface area contributed by atoms with E-state index in [0.29, 0.717) is 32.8 Å². The minimum atomic E-state index is -3.37. The van der Waals surface area contributed by atoms with Crippen molar-refractivity contribution in [2.75, 3.05) is 11.0 Å². The Morgan fingerprint density at radius 3 is 2.29 bits per heavy atom. The molecule has 10 heteroatoms. The van der Waals surface area contributed by atoms with Gasteiger partial charge in [-0.3, -0.25) is 9.29 Å². The van der Waals surface area contributed by atoms with E-state index >= 15 is 0 Å². The van der Waals surface area contributed by atoms with Gasteiger partial charge in [0, 0.05) is 28.2 Å². The zero-order valence-electron chi connectivity index (χ0n) is 21.6. The number of rotatable bonds is 8. The van der Waals surface area contributed by atoms with Gasteiger partial charge in [0.25, 0.3) is 0 Å². The molecule has 0 saturated carbocycles. The Morgan fingerprint density at radius 2 is 1.63 bits per heavy atom. The molecule has 1 aromatic heterocycles. The number of aromatic carboxylic acids is 1. The van der Waals surface area contributed by atoms with Crippen molar-refractivity contribution in [2.45, 2.75) is 0 Å². The van der Waals surface area contributed by atoms with Gasteiger partial charge < -0.3 is 5.11 Å². The van der Waals surface area contributed by atoms with Gasteiger partial charge >= 0.3 is 5.97 Å². The van der Waals surface area contributed by atoms with Gasteiger partial charge in [-0.15, -0.1) is 0 Å². The van der Waals surface area contributed by atoms with Crippen LogP contribution < -0.4 is 4.72 Å². The van der Waals surface area contributed by atoms with E-state index in [0.717, 1.165) is 28.6 Å². The molecule has 7 nitrogen and oxygen atoms in total. The molecule has 0 aliphatic rings. The number of nitrogens with zero attached hydrogens (tertiary/aromatic N) is 2. The van der Waals surface area contributed by atoms with Gasteiger partial charge in [-0.2, -0.15) is 0 Å². The van der Waals surface area contributed by atoms with Crippen LogP contribution in [0, 0.1) is 0 Å². The molecule has 206 valence electrons. The quantitative estimate of drug-likeness (QED) is 0.189. The van der Waals surface area contributed by atoms with Crippen LogP contribution in [0.5, 0.6) is 0 Å². The largest absolute Gasteiger partial charge is 0.478 e. The highest BCUT2D eigenvalue weighted by Gasteiger charge is 2.13. The summed E-state index contributed by atoms with van der Waals surface area (Å²) in [6.45, 7) is 0. The van der Waals surface area contributed by atoms with Crippen molar-refractivity contribution in [1.29, 1.82) is 0 Å². The summed E-state index contributed by atoms with van der Waals surface area (Å²) in [7, 11) is -3.37. The van der Waals surface area contributed by atoms with Crippen LogP contribution in [-0.2, 0) is 10.0 Å². The standard InChI is InChI=1S/C31H23Cl2N3O4S/c1-41(39,40)35-25-4-2-3-23(17-25)21-8-5-20(6-9-21)7-16-30-34-29(27-15-12-24(32)18-28(27)33)19-36(30)26-13-10-22(11-14-26)31(37)38/h2-19,35H,1H3,(H,37,38)/b16-7+. The molecule has 0 aliphatic heterocycles. The molecule has 0 amide bonds. The summed E-state index contributed by atoms with van der Waals surface area (Å²) in [5.74, 6) is -0.393. The fourth-order valence-corrected chi connectivity index (χ4v) is 5.30. The Hall–Kier alpha value is -4.37. The third-order valence-electron chi connectivity index (χ3n) is 6.17. The number of nitrogens with one attached hydrogen (secondary N) is 1. The predicted molar refractivity (Wildman–Crippen MR) is 165 cm³/mol. The smallest absolute Gasteiger partial charge is 0.335 e. The highest BCUT2D eigenvalue weighted by Crippen LogP contribution is 2.31. The highest BCUT2D eigenvalue weighted by molar-refractivity contribution is 7.92. The number of benzene rings is 4. The van der Waals surface area contributed by atoms with E-state index in [1.807, 2.05) is 53.2 Å². The van der Waals surface area contributed by atoms with Crippen LogP contribution in [0.2, 0.25) is 10.0 Å². The fraction of sp³-hybridized carbons (Fsp3) is 0.0323. The van der Waals surface area contributed by atoms with Crippen LogP contribution in [0.15, 0.2) is 97.2 Å². The molecule has 0 atom stereocenters. The summed E-state index contributed by atoms with van der Waals surface area (Å²) >= 11 is 12.5. The number of aromatic nitrogens is 2. The lowest BCUT2D eigenvalue weighted by Gasteiger charge is -2.07. The number of carboxylic acid groups (broad SMARTS) is 1. The van der Waals surface area contributed by atoms with Crippen LogP contribution >= 0.6 is 23.2 Å². The molecular weight excluding hydrogens is 581 g/mol. The normalized spacial score (nSPS) is 11.6. The third-order valence-corrected chi connectivity index (χ3v) is 7.32. The number of halogens is 2. The number of anilines is 1. The Morgan fingerprint density at radius 1 is 0.902 bits per heavy atom. The van der Waals surface area contributed by atoms with Crippen LogP contribution in [-0.4, -0.2) is 35.3 Å². The molecule has 0 spiro atoms. The van der Waals surface area contributed by atoms with Crippen molar-refractivity contribution in [3.05, 3.63) is 124 Å². The minimum Gasteiger partial charge on any atom is -0.478 e. The molecule has 0 radical (unpaired) electrons. The van der Waals surface area contributed by atoms with Crippen molar-refractivity contribution in [1.82, 2.24) is 9.55 Å². The number of hydrogen-bond donors (Lipinski definition) is 2. The second kappa shape index (κ2) is 11.6. The number of carbonyl (C=O) groups is 1. The maximum atomic E-state index is 11.6. The van der Waals surface area contributed by atoms with Crippen LogP contribution in [0.3, 0.4) is 0 Å². The van der Waals surface area contributed by atoms with Gasteiger partial charge in [0.2, 0.25) is 10.0 Å². The summed E-state index contributed by atoms with van der Waals surface area (Å²) in [6, 6.07) is 26.7. The molecule has 0 saturated heterocycles. The van der Waals surface area contributed by atoms with Gasteiger partial charge in [0.15, 0.2) is 0 Å². The van der Waals surface area contributed by atoms with Gasteiger partial charge in [0.05, 0.1) is 22.5 Å². The first-order chi connectivity index (χ1) is 19.6. The average molecular weight is 605 g/mol. The molecule has 5 aromatic rings. The Labute approximate surface area is 247 Å². The summed E-state index contributed by atoms with van der Waals surface area (Å²) in [6.07, 6.45) is 6.74. The molecule has 0 aliphatic carbocycles. The SMILES string of the molecule is CS(=O)(=O)Nc1cccc(-c2ccc(/C=C/c3nc(-c4ccc(Cl)cc4Cl)cn3-c3ccc(C(=O)O)cc3)cc2)c1. The number of sulfonamides is 1. The van der Waals surface area contributed by atoms with Gasteiger partial charge in [-0.25, -0.2) is 18.2 Å². The molecule has 1 heterocycles. The van der Waals surface area contributed by atoms with E-state index < -0.39 is 16.0 Å². The number of carboxylic acids is 1. The maximum absolute atomic E-state index is 11.6. The van der Waals surface area contributed by atoms with Crippen molar-refractivity contribution in [2.24, 2.45) is 0 Å². The first-order valence-corrected chi connectivity index (χ1v) is 15.0. The maximum Gasteiger partial charge on any atom is 0.335 e. The van der Waals surface area contributed by atoms with Crippen LogP contribution in [0.1, 0.15) is 21.7 Å². The lowest BCUT2D eigenvalue weighted by atomic mass is 10.0. The molecule has 41 heavy (non-hydrogen) atoms. The summed E-state index contributed by atoms with van der Waals surface area (Å²) in [4.78, 5) is 16.1. The lowest BCUT2D eigenvalue weighted by molar-refractivity contribution is 0.0697. The first-order valence-electron chi connectivity index (χ1n) is 12.3. The van der Waals surface area contributed by atoms with E-state index in [2.05, 4.69) is 4.72 Å². The first kappa shape index (κ1) is 28.2. The van der Waals surface area contributed by atoms with Crippen molar-refractivity contribution >= 4 is 57.0 Å². The van der Waals surface area contributed by atoms with Gasteiger partial charge in [0.1, 0.15) is 5.82 Å². The second-order valence-electron chi connectivity index (χ2n) is 9.24. The number of hydrogen-bond acceptors (Lipinski definition) is 4. The van der Waals surface area contributed by atoms with Crippen molar-refractivity contribution in [3.63, 3.8) is 0 Å². The minimum absolute atomic E-state index is 0.185. The topological polar surface area (TPSA) is 101 Å². The van der Waals surface area contributed by atoms with E-state index in [1.165, 1.54) is 0 Å². The van der Waals surface area contributed by atoms with Gasteiger partial charge in [-0.05, 0) is 77.4 Å². The Kier molecular flexibility index (Phi) is 7.99. The lowest BCUT2D eigenvalue weighted by Crippen LogP contribution is -2.09. The number of imidazole rings is 1. The molecule has 0 bridgehead atoms. The average Bonchev–Trinajstić information content (AvgIpc) is 3.35.